The molecule has 182 valence electrons. The van der Waals surface area contributed by atoms with Crippen LogP contribution in [0.2, 0.25) is 5.02 Å². The molecule has 0 unspecified atom stereocenters. The highest BCUT2D eigenvalue weighted by Gasteiger charge is 2.35. The molecule has 0 aliphatic carbocycles. The van der Waals surface area contributed by atoms with E-state index in [4.69, 9.17) is 21.4 Å². The van der Waals surface area contributed by atoms with Crippen molar-refractivity contribution in [3.05, 3.63) is 99.8 Å². The van der Waals surface area contributed by atoms with E-state index in [-0.39, 0.29) is 31.1 Å². The molecule has 1 amide bonds. The zero-order chi connectivity index (χ0) is 25.0. The molecule has 3 aromatic rings. The maximum Gasteiger partial charge on any atom is 0.305 e. The molecule has 0 fully saturated rings. The van der Waals surface area contributed by atoms with Gasteiger partial charge in [0.15, 0.2) is 0 Å². The number of carboxylic acid groups (broad SMARTS) is 1. The predicted octanol–water partition coefficient (Wildman–Crippen LogP) is 5.46. The van der Waals surface area contributed by atoms with Crippen LogP contribution in [0.25, 0.3) is 0 Å². The molecule has 4 rings (SSSR count). The lowest BCUT2D eigenvalue weighted by atomic mass is 9.91. The minimum absolute atomic E-state index is 0.126. The lowest BCUT2D eigenvalue weighted by Crippen LogP contribution is -2.33. The smallest absolute Gasteiger partial charge is 0.305 e. The molecule has 0 spiro atoms. The highest BCUT2D eigenvalue weighted by molar-refractivity contribution is 6.30. The molecule has 1 atom stereocenters. The van der Waals surface area contributed by atoms with Gasteiger partial charge in [-0.1, -0.05) is 48.0 Å². The molecule has 0 radical (unpaired) electrons. The average molecular weight is 496 g/mol. The van der Waals surface area contributed by atoms with E-state index in [0.29, 0.717) is 24.4 Å². The first-order valence-electron chi connectivity index (χ1n) is 11.5. The number of halogens is 2. The lowest BCUT2D eigenvalue weighted by Gasteiger charge is -2.24. The summed E-state index contributed by atoms with van der Waals surface area (Å²) in [4.78, 5) is 25.8. The van der Waals surface area contributed by atoms with Gasteiger partial charge in [-0.2, -0.15) is 0 Å². The van der Waals surface area contributed by atoms with Gasteiger partial charge in [-0.25, -0.2) is 4.39 Å². The fraction of sp³-hybridized carbons (Fsp3) is 0.286. The zero-order valence-electron chi connectivity index (χ0n) is 19.5. The van der Waals surface area contributed by atoms with Crippen LogP contribution in [0.3, 0.4) is 0 Å². The van der Waals surface area contributed by atoms with E-state index in [9.17, 15) is 14.0 Å². The lowest BCUT2D eigenvalue weighted by molar-refractivity contribution is -0.138. The summed E-state index contributed by atoms with van der Waals surface area (Å²) in [5.41, 5.74) is 3.29. The predicted molar refractivity (Wildman–Crippen MR) is 132 cm³/mol. The fourth-order valence-corrected chi connectivity index (χ4v) is 4.56. The Labute approximate surface area is 209 Å². The minimum Gasteiger partial charge on any atom is -0.487 e. The molecule has 0 aromatic heterocycles. The van der Waals surface area contributed by atoms with Crippen molar-refractivity contribution >= 4 is 23.5 Å². The van der Waals surface area contributed by atoms with Crippen LogP contribution in [0.4, 0.5) is 4.39 Å². The number of benzene rings is 3. The van der Waals surface area contributed by atoms with Crippen LogP contribution >= 0.6 is 11.6 Å². The molecule has 1 N–H and O–H groups in total. The van der Waals surface area contributed by atoms with E-state index in [0.717, 1.165) is 28.0 Å². The SMILES string of the molecule is C[C@]1(Cc2ccc(F)cc2)Cc2cc(CC(=O)N(CCC(=O)O)Cc3ccc(Cl)cc3)ccc2O1. The van der Waals surface area contributed by atoms with E-state index >= 15 is 0 Å². The monoisotopic (exact) mass is 495 g/mol. The van der Waals surface area contributed by atoms with Gasteiger partial charge in [0.2, 0.25) is 5.91 Å². The normalized spacial score (nSPS) is 16.4. The van der Waals surface area contributed by atoms with Gasteiger partial charge in [-0.3, -0.25) is 9.59 Å². The van der Waals surface area contributed by atoms with Gasteiger partial charge in [-0.15, -0.1) is 0 Å². The Hall–Kier alpha value is -3.38. The summed E-state index contributed by atoms with van der Waals surface area (Å²) in [6.07, 6.45) is 1.35. The van der Waals surface area contributed by atoms with Gasteiger partial charge >= 0.3 is 5.97 Å². The number of hydrogen-bond acceptors (Lipinski definition) is 3. The van der Waals surface area contributed by atoms with Crippen molar-refractivity contribution in [1.29, 1.82) is 0 Å². The molecule has 0 bridgehead atoms. The number of nitrogens with zero attached hydrogens (tertiary/aromatic N) is 1. The van der Waals surface area contributed by atoms with Crippen LogP contribution in [-0.4, -0.2) is 34.0 Å². The Bertz CT molecular complexity index is 1210. The van der Waals surface area contributed by atoms with Crippen molar-refractivity contribution in [3.63, 3.8) is 0 Å². The van der Waals surface area contributed by atoms with E-state index in [1.807, 2.05) is 37.3 Å². The van der Waals surface area contributed by atoms with Gasteiger partial charge in [0.25, 0.3) is 0 Å². The molecule has 0 saturated carbocycles. The molecule has 1 aliphatic rings. The molecular formula is C28H27ClFNO4. The van der Waals surface area contributed by atoms with Crippen molar-refractivity contribution in [1.82, 2.24) is 4.90 Å². The largest absolute Gasteiger partial charge is 0.487 e. The van der Waals surface area contributed by atoms with Gasteiger partial charge in [0.05, 0.1) is 12.8 Å². The molecule has 5 nitrogen and oxygen atoms in total. The van der Waals surface area contributed by atoms with Crippen molar-refractivity contribution in [2.24, 2.45) is 0 Å². The van der Waals surface area contributed by atoms with Crippen molar-refractivity contribution in [2.45, 2.75) is 44.8 Å². The molecule has 0 saturated heterocycles. The van der Waals surface area contributed by atoms with Crippen molar-refractivity contribution in [2.75, 3.05) is 6.54 Å². The van der Waals surface area contributed by atoms with Gasteiger partial charge in [0, 0.05) is 31.0 Å². The molecule has 3 aromatic carbocycles. The highest BCUT2D eigenvalue weighted by Crippen LogP contribution is 2.37. The minimum atomic E-state index is -0.950. The standard InChI is InChI=1S/C28H27ClFNO4/c1-28(16-19-4-9-24(30)10-5-19)17-22-14-21(6-11-25(22)35-28)15-26(32)31(13-12-27(33)34)18-20-2-7-23(29)8-3-20/h2-11,14H,12-13,15-18H2,1H3,(H,33,34)/t28-/m0/s1. The summed E-state index contributed by atoms with van der Waals surface area (Å²) in [5, 5.41) is 9.72. The number of rotatable bonds is 9. The van der Waals surface area contributed by atoms with Crippen LogP contribution in [-0.2, 0) is 35.4 Å². The van der Waals surface area contributed by atoms with Crippen molar-refractivity contribution in [3.8, 4) is 5.75 Å². The molecule has 1 heterocycles. The van der Waals surface area contributed by atoms with E-state index in [2.05, 4.69) is 0 Å². The quantitative estimate of drug-likeness (QED) is 0.428. The van der Waals surface area contributed by atoms with E-state index in [1.54, 1.807) is 29.2 Å². The van der Waals surface area contributed by atoms with Crippen LogP contribution in [0.15, 0.2) is 66.7 Å². The Kier molecular flexibility index (Phi) is 7.41. The summed E-state index contributed by atoms with van der Waals surface area (Å²) in [5.74, 6) is -0.574. The van der Waals surface area contributed by atoms with Gasteiger partial charge < -0.3 is 14.7 Å². The molecular weight excluding hydrogens is 469 g/mol. The summed E-state index contributed by atoms with van der Waals surface area (Å²) in [7, 11) is 0. The molecule has 7 heteroatoms. The number of hydrogen-bond donors (Lipinski definition) is 1. The third-order valence-electron chi connectivity index (χ3n) is 6.13. The molecule has 1 aliphatic heterocycles. The maximum absolute atomic E-state index is 13.2. The number of carboxylic acids is 1. The topological polar surface area (TPSA) is 66.8 Å². The van der Waals surface area contributed by atoms with Crippen LogP contribution < -0.4 is 4.74 Å². The first-order valence-corrected chi connectivity index (χ1v) is 11.9. The Balaban J connectivity index is 1.44. The number of amides is 1. The second-order valence-corrected chi connectivity index (χ2v) is 9.67. The van der Waals surface area contributed by atoms with Gasteiger partial charge in [0.1, 0.15) is 17.2 Å². The number of carbonyl (C=O) groups excluding carboxylic acids is 1. The van der Waals surface area contributed by atoms with E-state index < -0.39 is 11.6 Å². The third-order valence-corrected chi connectivity index (χ3v) is 6.38. The third kappa shape index (κ3) is 6.61. The number of aliphatic carboxylic acids is 1. The van der Waals surface area contributed by atoms with Crippen molar-refractivity contribution < 1.29 is 23.8 Å². The Morgan fingerprint density at radius 2 is 1.69 bits per heavy atom. The second kappa shape index (κ2) is 10.5. The Morgan fingerprint density at radius 3 is 2.37 bits per heavy atom. The number of ether oxygens (including phenoxy) is 1. The highest BCUT2D eigenvalue weighted by atomic mass is 35.5. The average Bonchev–Trinajstić information content (AvgIpc) is 3.14. The van der Waals surface area contributed by atoms with E-state index in [1.165, 1.54) is 12.1 Å². The van der Waals surface area contributed by atoms with Gasteiger partial charge in [-0.05, 0) is 59.5 Å². The number of carbonyl (C=O) groups is 2. The number of fused-ring (bicyclic) bond motifs is 1. The van der Waals surface area contributed by atoms with Crippen LogP contribution in [0.1, 0.15) is 35.6 Å². The summed E-state index contributed by atoms with van der Waals surface area (Å²) in [6.45, 7) is 2.47. The van der Waals surface area contributed by atoms with Crippen LogP contribution in [0, 0.1) is 5.82 Å². The first-order chi connectivity index (χ1) is 16.7. The molecule has 35 heavy (non-hydrogen) atoms. The second-order valence-electron chi connectivity index (χ2n) is 9.24. The van der Waals surface area contributed by atoms with Crippen LogP contribution in [0.5, 0.6) is 5.75 Å². The Morgan fingerprint density at radius 1 is 1.03 bits per heavy atom. The first kappa shape index (κ1) is 24.7. The zero-order valence-corrected chi connectivity index (χ0v) is 20.2. The summed E-state index contributed by atoms with van der Waals surface area (Å²) >= 11 is 5.96. The fourth-order valence-electron chi connectivity index (χ4n) is 4.44. The maximum atomic E-state index is 13.2. The summed E-state index contributed by atoms with van der Waals surface area (Å²) in [6, 6.07) is 19.3. The summed E-state index contributed by atoms with van der Waals surface area (Å²) < 4.78 is 19.5.